The molecule has 1 unspecified atom stereocenters. The van der Waals surface area contributed by atoms with Crippen molar-refractivity contribution in [3.63, 3.8) is 0 Å². The first-order valence-electron chi connectivity index (χ1n) is 5.95. The molecule has 0 bridgehead atoms. The van der Waals surface area contributed by atoms with Crippen LogP contribution < -0.4 is 5.73 Å². The van der Waals surface area contributed by atoms with E-state index in [0.29, 0.717) is 6.04 Å². The Hall–Kier alpha value is -0.0800. The fourth-order valence-electron chi connectivity index (χ4n) is 1.94. The Kier molecular flexibility index (Phi) is 7.20. The molecule has 0 aromatic carbocycles. The van der Waals surface area contributed by atoms with Crippen molar-refractivity contribution in [3.8, 4) is 0 Å². The maximum Gasteiger partial charge on any atom is 0.0220 e. The summed E-state index contributed by atoms with van der Waals surface area (Å²) in [6, 6.07) is 0.572. The predicted octanol–water partition coefficient (Wildman–Crippen LogP) is 2.34. The van der Waals surface area contributed by atoms with E-state index >= 15 is 0 Å². The van der Waals surface area contributed by atoms with E-state index in [-0.39, 0.29) is 0 Å². The minimum atomic E-state index is 0.572. The molecule has 0 aromatic heterocycles. The van der Waals surface area contributed by atoms with Gasteiger partial charge in [-0.15, -0.1) is 0 Å². The predicted molar refractivity (Wildman–Crippen MR) is 64.4 cm³/mol. The highest BCUT2D eigenvalue weighted by Gasteiger charge is 2.17. The van der Waals surface area contributed by atoms with Crippen molar-refractivity contribution >= 4 is 0 Å². The third-order valence-corrected chi connectivity index (χ3v) is 2.54. The lowest BCUT2D eigenvalue weighted by atomic mass is 10.0. The molecule has 0 fully saturated rings. The molecule has 2 heteroatoms. The van der Waals surface area contributed by atoms with Crippen molar-refractivity contribution in [2.45, 2.75) is 47.1 Å². The minimum Gasteiger partial charge on any atom is -0.329 e. The second-order valence-corrected chi connectivity index (χ2v) is 5.00. The second-order valence-electron chi connectivity index (χ2n) is 5.00. The van der Waals surface area contributed by atoms with Gasteiger partial charge in [-0.2, -0.15) is 0 Å². The number of nitrogens with two attached hydrogens (primary N) is 1. The van der Waals surface area contributed by atoms with Gasteiger partial charge >= 0.3 is 0 Å². The lowest BCUT2D eigenvalue weighted by Crippen LogP contribution is -2.43. The third kappa shape index (κ3) is 5.61. The Bertz CT molecular complexity index is 116. The van der Waals surface area contributed by atoms with Crippen molar-refractivity contribution < 1.29 is 0 Å². The Labute approximate surface area is 89.9 Å². The zero-order valence-corrected chi connectivity index (χ0v) is 10.6. The standard InChI is InChI=1S/C12H28N2/c1-6-14(9-11(4)5)12(8-13)7-10(2)3/h10-12H,6-9,13H2,1-5H3. The van der Waals surface area contributed by atoms with Crippen molar-refractivity contribution in [2.75, 3.05) is 19.6 Å². The highest BCUT2D eigenvalue weighted by atomic mass is 15.2. The van der Waals surface area contributed by atoms with Crippen LogP contribution >= 0.6 is 0 Å². The van der Waals surface area contributed by atoms with Gasteiger partial charge in [0.2, 0.25) is 0 Å². The molecule has 0 aliphatic carbocycles. The van der Waals surface area contributed by atoms with E-state index in [1.807, 2.05) is 0 Å². The molecule has 14 heavy (non-hydrogen) atoms. The van der Waals surface area contributed by atoms with Gasteiger partial charge in [0.05, 0.1) is 0 Å². The van der Waals surface area contributed by atoms with Gasteiger partial charge in [-0.1, -0.05) is 34.6 Å². The van der Waals surface area contributed by atoms with Gasteiger partial charge in [-0.05, 0) is 24.8 Å². The average Bonchev–Trinajstić information content (AvgIpc) is 2.10. The summed E-state index contributed by atoms with van der Waals surface area (Å²) in [5.74, 6) is 1.47. The smallest absolute Gasteiger partial charge is 0.0220 e. The maximum atomic E-state index is 5.83. The summed E-state index contributed by atoms with van der Waals surface area (Å²) >= 11 is 0. The molecule has 0 saturated carbocycles. The summed E-state index contributed by atoms with van der Waals surface area (Å²) in [6.07, 6.45) is 1.22. The van der Waals surface area contributed by atoms with Crippen LogP contribution in [0.2, 0.25) is 0 Å². The van der Waals surface area contributed by atoms with Gasteiger partial charge in [0.1, 0.15) is 0 Å². The zero-order chi connectivity index (χ0) is 11.1. The maximum absolute atomic E-state index is 5.83. The first kappa shape index (κ1) is 13.9. The van der Waals surface area contributed by atoms with Crippen molar-refractivity contribution in [1.82, 2.24) is 4.90 Å². The van der Waals surface area contributed by atoms with Gasteiger partial charge in [-0.25, -0.2) is 0 Å². The SMILES string of the molecule is CCN(CC(C)C)C(CN)CC(C)C. The Morgan fingerprint density at radius 1 is 1.07 bits per heavy atom. The molecule has 86 valence electrons. The molecule has 0 rings (SSSR count). The summed E-state index contributed by atoms with van der Waals surface area (Å²) < 4.78 is 0. The summed E-state index contributed by atoms with van der Waals surface area (Å²) in [5.41, 5.74) is 5.83. The van der Waals surface area contributed by atoms with E-state index in [4.69, 9.17) is 5.73 Å². The van der Waals surface area contributed by atoms with Crippen LogP contribution in [0.3, 0.4) is 0 Å². The Morgan fingerprint density at radius 3 is 1.93 bits per heavy atom. The topological polar surface area (TPSA) is 29.3 Å². The first-order valence-corrected chi connectivity index (χ1v) is 5.95. The first-order chi connectivity index (χ1) is 6.51. The molecule has 0 heterocycles. The fourth-order valence-corrected chi connectivity index (χ4v) is 1.94. The molecule has 0 spiro atoms. The van der Waals surface area contributed by atoms with Gasteiger partial charge in [-0.3, -0.25) is 4.90 Å². The number of hydrogen-bond donors (Lipinski definition) is 1. The monoisotopic (exact) mass is 200 g/mol. The van der Waals surface area contributed by atoms with E-state index in [2.05, 4.69) is 39.5 Å². The Balaban J connectivity index is 4.14. The summed E-state index contributed by atoms with van der Waals surface area (Å²) in [6.45, 7) is 14.4. The molecule has 0 aliphatic rings. The van der Waals surface area contributed by atoms with Gasteiger partial charge in [0.15, 0.2) is 0 Å². The number of likely N-dealkylation sites (N-methyl/N-ethyl adjacent to an activating group) is 1. The summed E-state index contributed by atoms with van der Waals surface area (Å²) in [5, 5.41) is 0. The van der Waals surface area contributed by atoms with Gasteiger partial charge in [0, 0.05) is 19.1 Å². The van der Waals surface area contributed by atoms with Crippen LogP contribution in [0.15, 0.2) is 0 Å². The molecule has 0 aliphatic heterocycles. The molecule has 0 amide bonds. The highest BCUT2D eigenvalue weighted by Crippen LogP contribution is 2.12. The minimum absolute atomic E-state index is 0.572. The largest absolute Gasteiger partial charge is 0.329 e. The molecule has 1 atom stereocenters. The van der Waals surface area contributed by atoms with E-state index < -0.39 is 0 Å². The number of nitrogens with zero attached hydrogens (tertiary/aromatic N) is 1. The molecular formula is C12H28N2. The molecule has 0 saturated heterocycles. The van der Waals surface area contributed by atoms with Crippen LogP contribution in [0.1, 0.15) is 41.0 Å². The van der Waals surface area contributed by atoms with Crippen LogP contribution in [-0.2, 0) is 0 Å². The third-order valence-electron chi connectivity index (χ3n) is 2.54. The average molecular weight is 200 g/mol. The van der Waals surface area contributed by atoms with Gasteiger partial charge in [0.25, 0.3) is 0 Å². The molecule has 2 nitrogen and oxygen atoms in total. The number of hydrogen-bond acceptors (Lipinski definition) is 2. The van der Waals surface area contributed by atoms with E-state index in [1.165, 1.54) is 13.0 Å². The van der Waals surface area contributed by atoms with Crippen molar-refractivity contribution in [2.24, 2.45) is 17.6 Å². The second kappa shape index (κ2) is 7.24. The van der Waals surface area contributed by atoms with Crippen LogP contribution in [0.25, 0.3) is 0 Å². The van der Waals surface area contributed by atoms with Crippen LogP contribution in [0, 0.1) is 11.8 Å². The van der Waals surface area contributed by atoms with Crippen LogP contribution in [-0.4, -0.2) is 30.6 Å². The van der Waals surface area contributed by atoms with Gasteiger partial charge < -0.3 is 5.73 Å². The normalized spacial score (nSPS) is 14.4. The molecule has 0 radical (unpaired) electrons. The quantitative estimate of drug-likeness (QED) is 0.683. The molecule has 0 aromatic rings. The zero-order valence-electron chi connectivity index (χ0n) is 10.6. The van der Waals surface area contributed by atoms with Crippen LogP contribution in [0.5, 0.6) is 0 Å². The fraction of sp³-hybridized carbons (Fsp3) is 1.00. The molecule has 2 N–H and O–H groups in total. The van der Waals surface area contributed by atoms with E-state index in [9.17, 15) is 0 Å². The van der Waals surface area contributed by atoms with Crippen molar-refractivity contribution in [3.05, 3.63) is 0 Å². The van der Waals surface area contributed by atoms with Crippen LogP contribution in [0.4, 0.5) is 0 Å². The lowest BCUT2D eigenvalue weighted by molar-refractivity contribution is 0.167. The summed E-state index contributed by atoms with van der Waals surface area (Å²) in [4.78, 5) is 2.52. The van der Waals surface area contributed by atoms with E-state index in [0.717, 1.165) is 24.9 Å². The van der Waals surface area contributed by atoms with E-state index in [1.54, 1.807) is 0 Å². The summed E-state index contributed by atoms with van der Waals surface area (Å²) in [7, 11) is 0. The highest BCUT2D eigenvalue weighted by molar-refractivity contribution is 4.73. The Morgan fingerprint density at radius 2 is 1.64 bits per heavy atom. The lowest BCUT2D eigenvalue weighted by Gasteiger charge is -2.32. The van der Waals surface area contributed by atoms with Crippen molar-refractivity contribution in [1.29, 1.82) is 0 Å². The number of rotatable bonds is 7. The molecular weight excluding hydrogens is 172 g/mol.